The highest BCUT2D eigenvalue weighted by Crippen LogP contribution is 2.13. The van der Waals surface area contributed by atoms with Crippen molar-refractivity contribution in [3.63, 3.8) is 0 Å². The maximum absolute atomic E-state index is 12.4. The van der Waals surface area contributed by atoms with Gasteiger partial charge < -0.3 is 20.7 Å². The van der Waals surface area contributed by atoms with Crippen LogP contribution in [0.5, 0.6) is 0 Å². The predicted octanol–water partition coefficient (Wildman–Crippen LogP) is 1.03. The standard InChI is InChI=1S/C15H20N6O2S/c16-15-19-11(10-24-15)2-1-3-18-13-9-17-8-12(20-13)14(22)21-4-6-23-7-5-21/h8-10H,1-7H2,(H2,16,19)(H,18,20). The van der Waals surface area contributed by atoms with Gasteiger partial charge in [0.2, 0.25) is 0 Å². The molecule has 1 amide bonds. The zero-order valence-corrected chi connectivity index (χ0v) is 14.1. The molecule has 128 valence electrons. The van der Waals surface area contributed by atoms with Crippen LogP contribution < -0.4 is 11.1 Å². The summed E-state index contributed by atoms with van der Waals surface area (Å²) < 4.78 is 5.26. The third-order valence-corrected chi connectivity index (χ3v) is 4.36. The van der Waals surface area contributed by atoms with E-state index >= 15 is 0 Å². The molecule has 0 radical (unpaired) electrons. The van der Waals surface area contributed by atoms with E-state index in [1.807, 2.05) is 5.38 Å². The molecule has 9 heteroatoms. The lowest BCUT2D eigenvalue weighted by atomic mass is 10.2. The van der Waals surface area contributed by atoms with Crippen LogP contribution >= 0.6 is 11.3 Å². The molecule has 3 N–H and O–H groups in total. The van der Waals surface area contributed by atoms with Crippen LogP contribution in [0.25, 0.3) is 0 Å². The number of nitrogens with one attached hydrogen (secondary N) is 1. The average Bonchev–Trinajstić information content (AvgIpc) is 3.04. The van der Waals surface area contributed by atoms with Crippen molar-refractivity contribution in [2.75, 3.05) is 43.9 Å². The fraction of sp³-hybridized carbons (Fsp3) is 0.467. The number of morpholine rings is 1. The van der Waals surface area contributed by atoms with Crippen LogP contribution in [0.3, 0.4) is 0 Å². The van der Waals surface area contributed by atoms with Crippen LogP contribution in [-0.4, -0.2) is 58.6 Å². The first kappa shape index (κ1) is 16.6. The highest BCUT2D eigenvalue weighted by molar-refractivity contribution is 7.13. The minimum Gasteiger partial charge on any atom is -0.378 e. The third kappa shape index (κ3) is 4.39. The Balaban J connectivity index is 1.50. The van der Waals surface area contributed by atoms with Crippen molar-refractivity contribution in [3.8, 4) is 0 Å². The second kappa shape index (κ2) is 8.02. The van der Waals surface area contributed by atoms with E-state index in [4.69, 9.17) is 10.5 Å². The van der Waals surface area contributed by atoms with Gasteiger partial charge >= 0.3 is 0 Å². The zero-order valence-electron chi connectivity index (χ0n) is 13.3. The second-order valence-electron chi connectivity index (χ2n) is 5.40. The smallest absolute Gasteiger partial charge is 0.274 e. The number of hydrogen-bond acceptors (Lipinski definition) is 8. The van der Waals surface area contributed by atoms with Crippen LogP contribution in [0.2, 0.25) is 0 Å². The molecule has 2 aromatic rings. The minimum atomic E-state index is -0.104. The summed E-state index contributed by atoms with van der Waals surface area (Å²) in [6, 6.07) is 0. The second-order valence-corrected chi connectivity index (χ2v) is 6.29. The average molecular weight is 348 g/mol. The fourth-order valence-corrected chi connectivity index (χ4v) is 3.00. The van der Waals surface area contributed by atoms with E-state index in [0.717, 1.165) is 25.1 Å². The molecular weight excluding hydrogens is 328 g/mol. The number of nitrogens with two attached hydrogens (primary N) is 1. The molecule has 1 saturated heterocycles. The van der Waals surface area contributed by atoms with Gasteiger partial charge in [0.25, 0.3) is 5.91 Å². The van der Waals surface area contributed by atoms with Gasteiger partial charge in [-0.2, -0.15) is 0 Å². The van der Waals surface area contributed by atoms with Crippen molar-refractivity contribution >= 4 is 28.2 Å². The molecule has 0 saturated carbocycles. The highest BCUT2D eigenvalue weighted by atomic mass is 32.1. The van der Waals surface area contributed by atoms with Gasteiger partial charge in [0.15, 0.2) is 5.13 Å². The van der Waals surface area contributed by atoms with Gasteiger partial charge in [-0.05, 0) is 12.8 Å². The number of hydrogen-bond donors (Lipinski definition) is 2. The van der Waals surface area contributed by atoms with Crippen molar-refractivity contribution in [2.24, 2.45) is 0 Å². The van der Waals surface area contributed by atoms with Gasteiger partial charge in [-0.15, -0.1) is 11.3 Å². The SMILES string of the molecule is Nc1nc(CCCNc2cncc(C(=O)N3CCOCC3)n2)cs1. The molecule has 0 aromatic carbocycles. The third-order valence-electron chi connectivity index (χ3n) is 3.64. The maximum atomic E-state index is 12.4. The Labute approximate surface area is 144 Å². The molecule has 0 bridgehead atoms. The van der Waals surface area contributed by atoms with Crippen molar-refractivity contribution in [2.45, 2.75) is 12.8 Å². The fourth-order valence-electron chi connectivity index (χ4n) is 2.41. The molecule has 0 unspecified atom stereocenters. The van der Waals surface area contributed by atoms with Gasteiger partial charge in [0.1, 0.15) is 11.5 Å². The molecule has 1 aliphatic heterocycles. The lowest BCUT2D eigenvalue weighted by Gasteiger charge is -2.26. The minimum absolute atomic E-state index is 0.104. The molecule has 2 aromatic heterocycles. The van der Waals surface area contributed by atoms with Crippen LogP contribution in [0.15, 0.2) is 17.8 Å². The normalized spacial score (nSPS) is 14.6. The molecule has 24 heavy (non-hydrogen) atoms. The van der Waals surface area contributed by atoms with Crippen molar-refractivity contribution in [1.29, 1.82) is 0 Å². The molecule has 0 atom stereocenters. The summed E-state index contributed by atoms with van der Waals surface area (Å²) in [4.78, 5) is 26.8. The van der Waals surface area contributed by atoms with Crippen LogP contribution in [0.1, 0.15) is 22.6 Å². The summed E-state index contributed by atoms with van der Waals surface area (Å²) in [6.45, 7) is 3.04. The van der Waals surface area contributed by atoms with Gasteiger partial charge in [0.05, 0.1) is 31.3 Å². The summed E-state index contributed by atoms with van der Waals surface area (Å²) in [6.07, 6.45) is 4.87. The Morgan fingerprint density at radius 3 is 2.92 bits per heavy atom. The molecule has 1 fully saturated rings. The largest absolute Gasteiger partial charge is 0.378 e. The molecule has 3 heterocycles. The quantitative estimate of drug-likeness (QED) is 0.751. The first-order chi connectivity index (χ1) is 11.7. The number of nitrogens with zero attached hydrogens (tertiary/aromatic N) is 4. The topological polar surface area (TPSA) is 106 Å². The number of thiazole rings is 1. The van der Waals surface area contributed by atoms with E-state index in [2.05, 4.69) is 20.3 Å². The van der Waals surface area contributed by atoms with E-state index in [1.54, 1.807) is 11.1 Å². The highest BCUT2D eigenvalue weighted by Gasteiger charge is 2.20. The van der Waals surface area contributed by atoms with E-state index in [0.29, 0.717) is 42.9 Å². The van der Waals surface area contributed by atoms with Crippen LogP contribution in [0.4, 0.5) is 10.9 Å². The number of carbonyl (C=O) groups excluding carboxylic acids is 1. The van der Waals surface area contributed by atoms with Crippen LogP contribution in [0, 0.1) is 0 Å². The molecule has 0 aliphatic carbocycles. The van der Waals surface area contributed by atoms with E-state index in [1.165, 1.54) is 17.5 Å². The molecule has 0 spiro atoms. The first-order valence-corrected chi connectivity index (χ1v) is 8.73. The summed E-state index contributed by atoms with van der Waals surface area (Å²) in [5, 5.41) is 5.76. The Hall–Kier alpha value is -2.26. The number of aryl methyl sites for hydroxylation is 1. The summed E-state index contributed by atoms with van der Waals surface area (Å²) >= 11 is 1.45. The molecule has 3 rings (SSSR count). The monoisotopic (exact) mass is 348 g/mol. The summed E-state index contributed by atoms with van der Waals surface area (Å²) in [5.41, 5.74) is 6.97. The van der Waals surface area contributed by atoms with Crippen LogP contribution in [-0.2, 0) is 11.2 Å². The number of anilines is 2. The Kier molecular flexibility index (Phi) is 5.55. The Morgan fingerprint density at radius 2 is 2.17 bits per heavy atom. The summed E-state index contributed by atoms with van der Waals surface area (Å²) in [5.74, 6) is 0.499. The summed E-state index contributed by atoms with van der Waals surface area (Å²) in [7, 11) is 0. The molecule has 8 nitrogen and oxygen atoms in total. The number of rotatable bonds is 6. The van der Waals surface area contributed by atoms with Gasteiger partial charge in [-0.3, -0.25) is 9.78 Å². The Morgan fingerprint density at radius 1 is 1.33 bits per heavy atom. The van der Waals surface area contributed by atoms with Gasteiger partial charge in [0, 0.05) is 25.0 Å². The lowest BCUT2D eigenvalue weighted by Crippen LogP contribution is -2.41. The van der Waals surface area contributed by atoms with Gasteiger partial charge in [-0.1, -0.05) is 0 Å². The van der Waals surface area contributed by atoms with E-state index in [-0.39, 0.29) is 5.91 Å². The Bertz CT molecular complexity index is 686. The van der Waals surface area contributed by atoms with Crippen molar-refractivity contribution in [1.82, 2.24) is 19.9 Å². The number of amides is 1. The maximum Gasteiger partial charge on any atom is 0.274 e. The number of aromatic nitrogens is 3. The first-order valence-electron chi connectivity index (χ1n) is 7.85. The van der Waals surface area contributed by atoms with Gasteiger partial charge in [-0.25, -0.2) is 9.97 Å². The van der Waals surface area contributed by atoms with E-state index in [9.17, 15) is 4.79 Å². The molecular formula is C15H20N6O2S. The number of ether oxygens (including phenoxy) is 1. The molecule has 1 aliphatic rings. The van der Waals surface area contributed by atoms with E-state index < -0.39 is 0 Å². The number of nitrogen functional groups attached to an aromatic ring is 1. The lowest BCUT2D eigenvalue weighted by molar-refractivity contribution is 0.0299. The predicted molar refractivity (Wildman–Crippen MR) is 92.1 cm³/mol. The van der Waals surface area contributed by atoms with Crippen molar-refractivity contribution < 1.29 is 9.53 Å². The zero-order chi connectivity index (χ0) is 16.8. The number of carbonyl (C=O) groups is 1. The van der Waals surface area contributed by atoms with Crippen molar-refractivity contribution in [3.05, 3.63) is 29.2 Å².